The third kappa shape index (κ3) is 4.80. The summed E-state index contributed by atoms with van der Waals surface area (Å²) >= 11 is 6.58. The number of pyridine rings is 1. The predicted molar refractivity (Wildman–Crippen MR) is 132 cm³/mol. The van der Waals surface area contributed by atoms with Crippen LogP contribution in [0.2, 0.25) is 0 Å². The molecule has 2 aromatic heterocycles. The van der Waals surface area contributed by atoms with Crippen molar-refractivity contribution < 1.29 is 14.3 Å². The maximum Gasteiger partial charge on any atom is 0.267 e. The third-order valence-electron chi connectivity index (χ3n) is 5.82. The smallest absolute Gasteiger partial charge is 0.267 e. The van der Waals surface area contributed by atoms with Crippen molar-refractivity contribution in [1.29, 1.82) is 0 Å². The lowest BCUT2D eigenvalue weighted by Crippen LogP contribution is -2.40. The maximum absolute atomic E-state index is 13.4. The largest absolute Gasteiger partial charge is 0.385 e. The van der Waals surface area contributed by atoms with Crippen LogP contribution < -0.4 is 16.2 Å². The molecule has 9 nitrogen and oxygen atoms in total. The standard InChI is InChI=1S/C22H25N5O4S2/c1-31-12-4-9-27-21(30)16(33-22(27)32)13-15-19(25-10-6-14(7-11-25)18(23)28)24-17-5-2-3-8-26(17)20(15)29/h2-3,5,8,13-14H,4,6-7,9-12H2,1H3,(H2,23,28)/b16-13+. The summed E-state index contributed by atoms with van der Waals surface area (Å²) in [5, 5.41) is 0. The second-order valence-corrected chi connectivity index (χ2v) is 9.60. The molecule has 0 saturated carbocycles. The molecule has 2 aliphatic heterocycles. The summed E-state index contributed by atoms with van der Waals surface area (Å²) in [6.45, 7) is 2.07. The molecule has 2 fully saturated rings. The van der Waals surface area contributed by atoms with E-state index in [2.05, 4.69) is 0 Å². The molecule has 174 valence electrons. The summed E-state index contributed by atoms with van der Waals surface area (Å²) in [5.74, 6) is -0.219. The fraction of sp³-hybridized carbons (Fsp3) is 0.409. The highest BCUT2D eigenvalue weighted by atomic mass is 32.2. The Morgan fingerprint density at radius 3 is 2.79 bits per heavy atom. The number of aromatic nitrogens is 2. The number of methoxy groups -OCH3 is 1. The van der Waals surface area contributed by atoms with E-state index in [1.165, 1.54) is 21.1 Å². The summed E-state index contributed by atoms with van der Waals surface area (Å²) in [6.07, 6.45) is 5.09. The Balaban J connectivity index is 1.72. The van der Waals surface area contributed by atoms with Crippen LogP contribution in [0, 0.1) is 5.92 Å². The average Bonchev–Trinajstić information content (AvgIpc) is 3.08. The molecule has 2 aliphatic rings. The minimum atomic E-state index is -0.307. The summed E-state index contributed by atoms with van der Waals surface area (Å²) in [6, 6.07) is 5.34. The van der Waals surface area contributed by atoms with Crippen LogP contribution in [0.4, 0.5) is 5.82 Å². The third-order valence-corrected chi connectivity index (χ3v) is 7.20. The van der Waals surface area contributed by atoms with Gasteiger partial charge in [0.2, 0.25) is 5.91 Å². The molecule has 0 spiro atoms. The minimum absolute atomic E-state index is 0.186. The van der Waals surface area contributed by atoms with Crippen LogP contribution in [-0.4, -0.2) is 63.8 Å². The molecular weight excluding hydrogens is 462 g/mol. The van der Waals surface area contributed by atoms with Crippen molar-refractivity contribution in [1.82, 2.24) is 14.3 Å². The van der Waals surface area contributed by atoms with Gasteiger partial charge in [-0.1, -0.05) is 30.0 Å². The lowest BCUT2D eigenvalue weighted by molar-refractivity contribution is -0.123. The number of fused-ring (bicyclic) bond motifs is 1. The molecule has 11 heteroatoms. The first-order valence-electron chi connectivity index (χ1n) is 10.7. The van der Waals surface area contributed by atoms with Crippen molar-refractivity contribution >= 4 is 57.7 Å². The first kappa shape index (κ1) is 23.4. The number of piperidine rings is 1. The zero-order valence-corrected chi connectivity index (χ0v) is 19.9. The second-order valence-electron chi connectivity index (χ2n) is 7.93. The SMILES string of the molecule is COCCCN1C(=O)/C(=C\c2c(N3CCC(C(N)=O)CC3)nc3ccccn3c2=O)SC1=S. The van der Waals surface area contributed by atoms with Crippen LogP contribution >= 0.6 is 24.0 Å². The number of thiocarbonyl (C=S) groups is 1. The van der Waals surface area contributed by atoms with Crippen molar-refractivity contribution in [3.05, 3.63) is 45.2 Å². The van der Waals surface area contributed by atoms with Gasteiger partial charge in [0.05, 0.1) is 10.5 Å². The van der Waals surface area contributed by atoms with E-state index in [0.717, 1.165) is 0 Å². The molecular formula is C22H25N5O4S2. The van der Waals surface area contributed by atoms with E-state index in [-0.39, 0.29) is 23.3 Å². The monoisotopic (exact) mass is 487 g/mol. The number of hydrogen-bond donors (Lipinski definition) is 1. The van der Waals surface area contributed by atoms with Gasteiger partial charge < -0.3 is 15.4 Å². The van der Waals surface area contributed by atoms with E-state index in [4.69, 9.17) is 27.7 Å². The number of amides is 2. The number of carbonyl (C=O) groups is 2. The molecule has 2 saturated heterocycles. The van der Waals surface area contributed by atoms with E-state index in [1.54, 1.807) is 31.5 Å². The van der Waals surface area contributed by atoms with Gasteiger partial charge in [-0.2, -0.15) is 0 Å². The number of anilines is 1. The lowest BCUT2D eigenvalue weighted by atomic mass is 9.96. The van der Waals surface area contributed by atoms with Crippen molar-refractivity contribution in [3.63, 3.8) is 0 Å². The molecule has 0 aliphatic carbocycles. The number of rotatable bonds is 7. The number of ether oxygens (including phenoxy) is 1. The van der Waals surface area contributed by atoms with Crippen molar-refractivity contribution in [3.8, 4) is 0 Å². The molecule has 4 heterocycles. The average molecular weight is 488 g/mol. The fourth-order valence-corrected chi connectivity index (χ4v) is 5.32. The van der Waals surface area contributed by atoms with Crippen molar-refractivity contribution in [2.45, 2.75) is 19.3 Å². The van der Waals surface area contributed by atoms with Crippen molar-refractivity contribution in [2.24, 2.45) is 11.7 Å². The lowest BCUT2D eigenvalue weighted by Gasteiger charge is -2.32. The van der Waals surface area contributed by atoms with E-state index >= 15 is 0 Å². The van der Waals surface area contributed by atoms with Gasteiger partial charge in [0.25, 0.3) is 11.5 Å². The van der Waals surface area contributed by atoms with Crippen LogP contribution in [0.25, 0.3) is 11.7 Å². The van der Waals surface area contributed by atoms with Crippen molar-refractivity contribution in [2.75, 3.05) is 38.3 Å². The molecule has 0 radical (unpaired) electrons. The van der Waals surface area contributed by atoms with Gasteiger partial charge in [-0.05, 0) is 37.5 Å². The summed E-state index contributed by atoms with van der Waals surface area (Å²) in [5.41, 5.74) is 6.05. The Bertz CT molecular complexity index is 1190. The highest BCUT2D eigenvalue weighted by Crippen LogP contribution is 2.34. The molecule has 2 aromatic rings. The highest BCUT2D eigenvalue weighted by molar-refractivity contribution is 8.26. The normalized spacial score (nSPS) is 18.6. The molecule has 4 rings (SSSR count). The summed E-state index contributed by atoms with van der Waals surface area (Å²) < 4.78 is 6.99. The molecule has 0 bridgehead atoms. The van der Waals surface area contributed by atoms with Gasteiger partial charge in [-0.3, -0.25) is 23.7 Å². The van der Waals surface area contributed by atoms with E-state index in [0.29, 0.717) is 71.8 Å². The fourth-order valence-electron chi connectivity index (χ4n) is 4.03. The topological polar surface area (TPSA) is 110 Å². The van der Waals surface area contributed by atoms with Gasteiger partial charge in [-0.25, -0.2) is 4.98 Å². The van der Waals surface area contributed by atoms with Gasteiger partial charge in [0.1, 0.15) is 15.8 Å². The maximum atomic E-state index is 13.4. The zero-order chi connectivity index (χ0) is 23.5. The van der Waals surface area contributed by atoms with Gasteiger partial charge in [-0.15, -0.1) is 0 Å². The van der Waals surface area contributed by atoms with Crippen LogP contribution in [0.15, 0.2) is 34.1 Å². The Labute approximate surface area is 200 Å². The van der Waals surface area contributed by atoms with Crippen LogP contribution in [0.1, 0.15) is 24.8 Å². The van der Waals surface area contributed by atoms with Crippen LogP contribution in [0.3, 0.4) is 0 Å². The van der Waals surface area contributed by atoms with Gasteiger partial charge in [0.15, 0.2) is 0 Å². The van der Waals surface area contributed by atoms with E-state index in [9.17, 15) is 14.4 Å². The van der Waals surface area contributed by atoms with E-state index < -0.39 is 0 Å². The molecule has 2 N–H and O–H groups in total. The Morgan fingerprint density at radius 2 is 2.09 bits per heavy atom. The first-order chi connectivity index (χ1) is 15.9. The second kappa shape index (κ2) is 10.0. The zero-order valence-electron chi connectivity index (χ0n) is 18.2. The summed E-state index contributed by atoms with van der Waals surface area (Å²) in [4.78, 5) is 46.7. The summed E-state index contributed by atoms with van der Waals surface area (Å²) in [7, 11) is 1.61. The number of carbonyl (C=O) groups excluding carboxylic acids is 2. The molecule has 2 amide bonds. The minimum Gasteiger partial charge on any atom is -0.385 e. The highest BCUT2D eigenvalue weighted by Gasteiger charge is 2.33. The molecule has 33 heavy (non-hydrogen) atoms. The Hall–Kier alpha value is -2.76. The van der Waals surface area contributed by atoms with Crippen LogP contribution in [-0.2, 0) is 14.3 Å². The number of nitrogens with two attached hydrogens (primary N) is 1. The number of primary amides is 1. The number of nitrogens with zero attached hydrogens (tertiary/aromatic N) is 4. The Morgan fingerprint density at radius 1 is 1.33 bits per heavy atom. The number of hydrogen-bond acceptors (Lipinski definition) is 8. The first-order valence-corrected chi connectivity index (χ1v) is 11.9. The van der Waals surface area contributed by atoms with Gasteiger partial charge in [0, 0.05) is 45.5 Å². The molecule has 0 unspecified atom stereocenters. The molecule has 0 atom stereocenters. The Kier molecular flexibility index (Phi) is 7.11. The van der Waals surface area contributed by atoms with Gasteiger partial charge >= 0.3 is 0 Å². The quantitative estimate of drug-likeness (QED) is 0.357. The van der Waals surface area contributed by atoms with Crippen LogP contribution in [0.5, 0.6) is 0 Å². The van der Waals surface area contributed by atoms with E-state index in [1.807, 2.05) is 11.0 Å². The molecule has 0 aromatic carbocycles. The predicted octanol–water partition coefficient (Wildman–Crippen LogP) is 1.63. The number of thioether (sulfide) groups is 1.